The third-order valence-electron chi connectivity index (χ3n) is 2.96. The topological polar surface area (TPSA) is 83.6 Å². The Morgan fingerprint density at radius 3 is 2.32 bits per heavy atom. The first-order valence-electron chi connectivity index (χ1n) is 6.27. The van der Waals surface area contributed by atoms with Gasteiger partial charge in [-0.25, -0.2) is 13.6 Å². The van der Waals surface area contributed by atoms with Crippen LogP contribution in [0.1, 0.15) is 18.9 Å². The lowest BCUT2D eigenvalue weighted by atomic mass is 10.1. The summed E-state index contributed by atoms with van der Waals surface area (Å²) in [5, 5.41) is 14.2. The van der Waals surface area contributed by atoms with E-state index in [-0.39, 0.29) is 11.0 Å². The monoisotopic (exact) mass is 286 g/mol. The lowest BCUT2D eigenvalue weighted by Crippen LogP contribution is -2.24. The summed E-state index contributed by atoms with van der Waals surface area (Å²) < 4.78 is 22.2. The highest BCUT2D eigenvalue weighted by Crippen LogP contribution is 2.09. The van der Waals surface area contributed by atoms with Gasteiger partial charge in [-0.2, -0.15) is 0 Å². The molecule has 0 aliphatic rings. The maximum atomic E-state index is 11.1. The molecule has 1 unspecified atom stereocenters. The van der Waals surface area contributed by atoms with Crippen LogP contribution >= 0.6 is 0 Å². The van der Waals surface area contributed by atoms with Crippen molar-refractivity contribution in [1.82, 2.24) is 4.90 Å². The Kier molecular flexibility index (Phi) is 5.93. The number of nitrogens with two attached hydrogens (primary N) is 1. The lowest BCUT2D eigenvalue weighted by Gasteiger charge is -2.17. The predicted octanol–water partition coefficient (Wildman–Crippen LogP) is 0.579. The highest BCUT2D eigenvalue weighted by atomic mass is 32.2. The number of aliphatic hydroxyl groups excluding tert-OH is 1. The Labute approximate surface area is 115 Å². The number of likely N-dealkylation sites (N-methyl/N-ethyl adjacent to an activating group) is 1. The van der Waals surface area contributed by atoms with E-state index in [4.69, 9.17) is 5.14 Å². The van der Waals surface area contributed by atoms with E-state index < -0.39 is 10.0 Å². The van der Waals surface area contributed by atoms with Gasteiger partial charge in [0.15, 0.2) is 0 Å². The first-order chi connectivity index (χ1) is 8.79. The molecule has 1 aromatic carbocycles. The van der Waals surface area contributed by atoms with Crippen molar-refractivity contribution in [3.63, 3.8) is 0 Å². The summed E-state index contributed by atoms with van der Waals surface area (Å²) in [5.74, 6) is 0. The Balaban J connectivity index is 2.46. The molecular weight excluding hydrogens is 264 g/mol. The molecule has 0 fully saturated rings. The standard InChI is InChI=1S/C13H22N2O3S/c1-11(16)7-9-15(2)10-8-12-3-5-13(6-4-12)19(14,17)18/h3-6,11,16H,7-10H2,1-2H3,(H2,14,17,18). The van der Waals surface area contributed by atoms with Crippen LogP contribution in [0.4, 0.5) is 0 Å². The molecule has 6 heteroatoms. The molecule has 0 spiro atoms. The summed E-state index contributed by atoms with van der Waals surface area (Å²) in [7, 11) is -1.61. The fourth-order valence-electron chi connectivity index (χ4n) is 1.68. The molecule has 0 aromatic heterocycles. The van der Waals surface area contributed by atoms with Crippen LogP contribution in [0.25, 0.3) is 0 Å². The van der Waals surface area contributed by atoms with E-state index in [0.29, 0.717) is 0 Å². The summed E-state index contributed by atoms with van der Waals surface area (Å²) in [4.78, 5) is 2.28. The van der Waals surface area contributed by atoms with Gasteiger partial charge in [0.05, 0.1) is 11.0 Å². The zero-order valence-electron chi connectivity index (χ0n) is 11.4. The molecule has 3 N–H and O–H groups in total. The quantitative estimate of drug-likeness (QED) is 0.768. The molecule has 1 rings (SSSR count). The number of benzene rings is 1. The lowest BCUT2D eigenvalue weighted by molar-refractivity contribution is 0.165. The molecule has 1 aromatic rings. The van der Waals surface area contributed by atoms with E-state index in [1.807, 2.05) is 7.05 Å². The molecule has 5 nitrogen and oxygen atoms in total. The number of hydrogen-bond acceptors (Lipinski definition) is 4. The van der Waals surface area contributed by atoms with E-state index in [1.165, 1.54) is 12.1 Å². The van der Waals surface area contributed by atoms with Gasteiger partial charge < -0.3 is 10.0 Å². The third kappa shape index (κ3) is 6.15. The van der Waals surface area contributed by atoms with Gasteiger partial charge in [0.2, 0.25) is 10.0 Å². The first kappa shape index (κ1) is 16.1. The maximum absolute atomic E-state index is 11.1. The Hall–Kier alpha value is -0.950. The number of rotatable bonds is 7. The summed E-state index contributed by atoms with van der Waals surface area (Å²) in [6.45, 7) is 3.48. The Bertz CT molecular complexity index is 483. The molecule has 0 saturated carbocycles. The normalized spacial score (nSPS) is 13.7. The highest BCUT2D eigenvalue weighted by molar-refractivity contribution is 7.89. The average molecular weight is 286 g/mol. The number of aliphatic hydroxyl groups is 1. The van der Waals surface area contributed by atoms with E-state index in [0.717, 1.165) is 31.5 Å². The molecule has 0 aliphatic heterocycles. The molecule has 0 aliphatic carbocycles. The van der Waals surface area contributed by atoms with E-state index in [2.05, 4.69) is 4.90 Å². The molecule has 108 valence electrons. The molecule has 19 heavy (non-hydrogen) atoms. The largest absolute Gasteiger partial charge is 0.393 e. The smallest absolute Gasteiger partial charge is 0.238 e. The highest BCUT2D eigenvalue weighted by Gasteiger charge is 2.07. The summed E-state index contributed by atoms with van der Waals surface area (Å²) >= 11 is 0. The predicted molar refractivity (Wildman–Crippen MR) is 75.3 cm³/mol. The summed E-state index contributed by atoms with van der Waals surface area (Å²) in [5.41, 5.74) is 1.07. The number of hydrogen-bond donors (Lipinski definition) is 2. The molecule has 0 saturated heterocycles. The second kappa shape index (κ2) is 7.00. The van der Waals surface area contributed by atoms with Crippen molar-refractivity contribution in [3.8, 4) is 0 Å². The van der Waals surface area contributed by atoms with E-state index in [1.54, 1.807) is 19.1 Å². The Morgan fingerprint density at radius 1 is 1.26 bits per heavy atom. The van der Waals surface area contributed by atoms with Gasteiger partial charge in [-0.1, -0.05) is 12.1 Å². The molecule has 0 radical (unpaired) electrons. The van der Waals surface area contributed by atoms with Crippen LogP contribution < -0.4 is 5.14 Å². The van der Waals surface area contributed by atoms with Gasteiger partial charge in [0.25, 0.3) is 0 Å². The van der Waals surface area contributed by atoms with Gasteiger partial charge in [0, 0.05) is 13.1 Å². The van der Waals surface area contributed by atoms with Gasteiger partial charge >= 0.3 is 0 Å². The number of sulfonamides is 1. The SMILES string of the molecule is CC(O)CCN(C)CCc1ccc(S(N)(=O)=O)cc1. The van der Waals surface area contributed by atoms with Crippen molar-refractivity contribution in [1.29, 1.82) is 0 Å². The maximum Gasteiger partial charge on any atom is 0.238 e. The van der Waals surface area contributed by atoms with Crippen LogP contribution in [-0.4, -0.2) is 44.7 Å². The second-order valence-corrected chi connectivity index (χ2v) is 6.44. The number of primary sulfonamides is 1. The van der Waals surface area contributed by atoms with Crippen molar-refractivity contribution in [2.45, 2.75) is 30.8 Å². The fraction of sp³-hybridized carbons (Fsp3) is 0.538. The van der Waals surface area contributed by atoms with Crippen LogP contribution in [0, 0.1) is 0 Å². The summed E-state index contributed by atoms with van der Waals surface area (Å²) in [6.07, 6.45) is 1.30. The van der Waals surface area contributed by atoms with Crippen molar-refractivity contribution >= 4 is 10.0 Å². The zero-order chi connectivity index (χ0) is 14.5. The second-order valence-electron chi connectivity index (χ2n) is 4.88. The van der Waals surface area contributed by atoms with Crippen molar-refractivity contribution < 1.29 is 13.5 Å². The van der Waals surface area contributed by atoms with Gasteiger partial charge in [0.1, 0.15) is 0 Å². The Morgan fingerprint density at radius 2 is 1.84 bits per heavy atom. The van der Waals surface area contributed by atoms with E-state index in [9.17, 15) is 13.5 Å². The molecule has 0 bridgehead atoms. The van der Waals surface area contributed by atoms with Crippen LogP contribution in [0.5, 0.6) is 0 Å². The van der Waals surface area contributed by atoms with Crippen molar-refractivity contribution in [3.05, 3.63) is 29.8 Å². The minimum Gasteiger partial charge on any atom is -0.393 e. The molecule has 0 amide bonds. The molecular formula is C13H22N2O3S. The average Bonchev–Trinajstić information content (AvgIpc) is 2.33. The van der Waals surface area contributed by atoms with Crippen LogP contribution in [0.3, 0.4) is 0 Å². The van der Waals surface area contributed by atoms with Crippen LogP contribution in [0.15, 0.2) is 29.2 Å². The first-order valence-corrected chi connectivity index (χ1v) is 7.82. The summed E-state index contributed by atoms with van der Waals surface area (Å²) in [6, 6.07) is 6.62. The van der Waals surface area contributed by atoms with Crippen LogP contribution in [-0.2, 0) is 16.4 Å². The third-order valence-corrected chi connectivity index (χ3v) is 3.89. The van der Waals surface area contributed by atoms with Crippen molar-refractivity contribution in [2.75, 3.05) is 20.1 Å². The van der Waals surface area contributed by atoms with E-state index >= 15 is 0 Å². The van der Waals surface area contributed by atoms with Gasteiger partial charge in [-0.15, -0.1) is 0 Å². The number of nitrogens with zero attached hydrogens (tertiary/aromatic N) is 1. The fourth-order valence-corrected chi connectivity index (χ4v) is 2.20. The van der Waals surface area contributed by atoms with Gasteiger partial charge in [-0.05, 0) is 44.5 Å². The minimum atomic E-state index is -3.61. The molecule has 0 heterocycles. The molecule has 1 atom stereocenters. The van der Waals surface area contributed by atoms with Gasteiger partial charge in [-0.3, -0.25) is 0 Å². The van der Waals surface area contributed by atoms with Crippen molar-refractivity contribution in [2.24, 2.45) is 5.14 Å². The van der Waals surface area contributed by atoms with Crippen LogP contribution in [0.2, 0.25) is 0 Å². The zero-order valence-corrected chi connectivity index (χ0v) is 12.2. The minimum absolute atomic E-state index is 0.138.